The molecular formula is C17H16N4O3S. The number of methoxy groups -OCH3 is 2. The highest BCUT2D eigenvalue weighted by Crippen LogP contribution is 2.84. The van der Waals surface area contributed by atoms with Crippen molar-refractivity contribution >= 4 is 17.6 Å². The van der Waals surface area contributed by atoms with Crippen molar-refractivity contribution in [2.75, 3.05) is 26.6 Å². The van der Waals surface area contributed by atoms with Gasteiger partial charge in [0.15, 0.2) is 5.41 Å². The van der Waals surface area contributed by atoms with Gasteiger partial charge in [0.2, 0.25) is 5.06 Å². The molecule has 25 heavy (non-hydrogen) atoms. The van der Waals surface area contributed by atoms with E-state index < -0.39 is 21.8 Å². The van der Waals surface area contributed by atoms with Crippen LogP contribution in [0.3, 0.4) is 0 Å². The van der Waals surface area contributed by atoms with E-state index in [0.717, 1.165) is 5.56 Å². The summed E-state index contributed by atoms with van der Waals surface area (Å²) in [5, 5.41) is 19.0. The molecule has 8 heteroatoms. The second kappa shape index (κ2) is 5.04. The largest absolute Gasteiger partial charge is 0.497 e. The van der Waals surface area contributed by atoms with Gasteiger partial charge in [-0.05, 0) is 6.07 Å². The molecule has 1 saturated heterocycles. The minimum atomic E-state index is -1.21. The van der Waals surface area contributed by atoms with Crippen molar-refractivity contribution in [1.82, 2.24) is 0 Å². The Labute approximate surface area is 149 Å². The lowest BCUT2D eigenvalue weighted by atomic mass is 9.95. The first-order valence-corrected chi connectivity index (χ1v) is 8.73. The van der Waals surface area contributed by atoms with Gasteiger partial charge >= 0.3 is 0 Å². The molecule has 1 saturated carbocycles. The summed E-state index contributed by atoms with van der Waals surface area (Å²) < 4.78 is 16.6. The minimum Gasteiger partial charge on any atom is -0.497 e. The van der Waals surface area contributed by atoms with E-state index in [1.807, 2.05) is 6.07 Å². The van der Waals surface area contributed by atoms with Crippen molar-refractivity contribution in [3.05, 3.63) is 23.8 Å². The third-order valence-electron chi connectivity index (χ3n) is 5.36. The highest BCUT2D eigenvalue weighted by atomic mass is 32.2. The molecule has 0 aromatic heterocycles. The third-order valence-corrected chi connectivity index (χ3v) is 6.65. The number of ether oxygens (including phenoxy) is 3. The van der Waals surface area contributed by atoms with Gasteiger partial charge in [0.1, 0.15) is 22.7 Å². The zero-order chi connectivity index (χ0) is 17.9. The van der Waals surface area contributed by atoms with Gasteiger partial charge in [-0.25, -0.2) is 4.99 Å². The van der Waals surface area contributed by atoms with E-state index in [1.165, 1.54) is 11.8 Å². The number of thioether (sulfide) groups is 1. The molecule has 3 aliphatic rings. The van der Waals surface area contributed by atoms with E-state index in [2.05, 4.69) is 17.1 Å². The van der Waals surface area contributed by atoms with Crippen molar-refractivity contribution in [2.24, 2.45) is 21.6 Å². The van der Waals surface area contributed by atoms with E-state index in [1.54, 1.807) is 26.4 Å². The molecule has 0 amide bonds. The van der Waals surface area contributed by atoms with Gasteiger partial charge in [-0.2, -0.15) is 10.5 Å². The lowest BCUT2D eigenvalue weighted by Gasteiger charge is -2.26. The topological polar surface area (TPSA) is 114 Å². The van der Waals surface area contributed by atoms with Gasteiger partial charge in [0.25, 0.3) is 0 Å². The van der Waals surface area contributed by atoms with Crippen LogP contribution >= 0.6 is 11.8 Å². The molecule has 2 aliphatic heterocycles. The van der Waals surface area contributed by atoms with E-state index >= 15 is 0 Å². The van der Waals surface area contributed by atoms with E-state index in [4.69, 9.17) is 19.9 Å². The lowest BCUT2D eigenvalue weighted by molar-refractivity contribution is 0.0200. The zero-order valence-electron chi connectivity index (χ0n) is 13.8. The first kappa shape index (κ1) is 16.1. The predicted molar refractivity (Wildman–Crippen MR) is 91.1 cm³/mol. The summed E-state index contributed by atoms with van der Waals surface area (Å²) in [5.74, 6) is 1.57. The van der Waals surface area contributed by atoms with Crippen molar-refractivity contribution in [3.8, 4) is 23.6 Å². The first-order valence-electron chi connectivity index (χ1n) is 7.75. The Hall–Kier alpha value is -2.42. The normalized spacial score (nSPS) is 37.8. The van der Waals surface area contributed by atoms with Crippen molar-refractivity contribution in [1.29, 1.82) is 10.5 Å². The number of rotatable bonds is 3. The molecule has 7 nitrogen and oxygen atoms in total. The van der Waals surface area contributed by atoms with Crippen LogP contribution in [-0.4, -0.2) is 37.5 Å². The van der Waals surface area contributed by atoms with Crippen LogP contribution in [0, 0.1) is 33.5 Å². The average molecular weight is 356 g/mol. The summed E-state index contributed by atoms with van der Waals surface area (Å²) in [6, 6.07) is 9.96. The molecule has 1 spiro atoms. The van der Waals surface area contributed by atoms with Gasteiger partial charge in [0, 0.05) is 23.3 Å². The molecule has 1 aromatic carbocycles. The summed E-state index contributed by atoms with van der Waals surface area (Å²) in [7, 11) is 3.11. The van der Waals surface area contributed by atoms with Crippen molar-refractivity contribution < 1.29 is 14.2 Å². The first-order chi connectivity index (χ1) is 12.1. The van der Waals surface area contributed by atoms with E-state index in [-0.39, 0.29) is 5.84 Å². The molecule has 2 fully saturated rings. The number of hydrogen-bond acceptors (Lipinski definition) is 8. The maximum absolute atomic E-state index is 10.1. The van der Waals surface area contributed by atoms with Gasteiger partial charge in [-0.1, -0.05) is 17.8 Å². The quantitative estimate of drug-likeness (QED) is 0.875. The van der Waals surface area contributed by atoms with Crippen LogP contribution in [0.25, 0.3) is 0 Å². The predicted octanol–water partition coefficient (Wildman–Crippen LogP) is 1.61. The maximum Gasteiger partial charge on any atom is 0.230 e. The lowest BCUT2D eigenvalue weighted by Crippen LogP contribution is -2.34. The Bertz CT molecular complexity index is 868. The Morgan fingerprint density at radius 2 is 2.12 bits per heavy atom. The summed E-state index contributed by atoms with van der Waals surface area (Å²) in [6.45, 7) is 0.471. The number of nitrogens with zero attached hydrogens (tertiary/aromatic N) is 3. The molecular weight excluding hydrogens is 340 g/mol. The van der Waals surface area contributed by atoms with E-state index in [9.17, 15) is 10.5 Å². The number of nitriles is 2. The van der Waals surface area contributed by atoms with Gasteiger partial charge in [-0.15, -0.1) is 0 Å². The molecule has 0 bridgehead atoms. The molecule has 4 rings (SSSR count). The number of fused-ring (bicyclic) bond motifs is 2. The second-order valence-electron chi connectivity index (χ2n) is 6.16. The molecule has 2 heterocycles. The summed E-state index contributed by atoms with van der Waals surface area (Å²) in [6.07, 6.45) is 0. The van der Waals surface area contributed by atoms with Gasteiger partial charge in [-0.3, -0.25) is 0 Å². The summed E-state index contributed by atoms with van der Waals surface area (Å²) >= 11 is 1.43. The number of nitrogens with two attached hydrogens (primary N) is 1. The summed E-state index contributed by atoms with van der Waals surface area (Å²) in [4.78, 5) is 4.43. The molecule has 128 valence electrons. The van der Waals surface area contributed by atoms with Crippen LogP contribution in [-0.2, 0) is 4.74 Å². The molecule has 2 N–H and O–H groups in total. The zero-order valence-corrected chi connectivity index (χ0v) is 14.6. The minimum absolute atomic E-state index is 0.161. The Morgan fingerprint density at radius 3 is 2.68 bits per heavy atom. The Kier molecular flexibility index (Phi) is 3.24. The highest BCUT2D eigenvalue weighted by Gasteiger charge is 2.93. The van der Waals surface area contributed by atoms with Crippen LogP contribution < -0.4 is 15.2 Å². The van der Waals surface area contributed by atoms with Crippen molar-refractivity contribution in [2.45, 2.75) is 11.0 Å². The van der Waals surface area contributed by atoms with Gasteiger partial charge in [0.05, 0.1) is 33.0 Å². The van der Waals surface area contributed by atoms with Crippen LogP contribution in [0.4, 0.5) is 0 Å². The average Bonchev–Trinajstić information content (AvgIpc) is 2.88. The monoisotopic (exact) mass is 356 g/mol. The highest BCUT2D eigenvalue weighted by molar-refractivity contribution is 8.00. The molecule has 1 aromatic rings. The van der Waals surface area contributed by atoms with Crippen molar-refractivity contribution in [3.63, 3.8) is 0 Å². The maximum atomic E-state index is 10.1. The number of amidine groups is 1. The van der Waals surface area contributed by atoms with Crippen LogP contribution in [0.5, 0.6) is 11.5 Å². The number of benzene rings is 1. The third kappa shape index (κ3) is 1.57. The molecule has 1 aliphatic carbocycles. The fraction of sp³-hybridized carbons (Fsp3) is 0.471. The molecule has 0 radical (unpaired) electrons. The number of aliphatic imine (C=N–C) groups is 1. The standard InChI is InChI=1S/C17H16N4O3S/c1-22-10-3-4-11(12(7-10)23-2)13-15(8-18)14(20)21-17(16(13,15)9-19)24-5-6-25-17/h3-4,7,13H,5-6H2,1-2H3,(H2,20,21)/t13-,15+,16+,17+/m0/s1. The van der Waals surface area contributed by atoms with Crippen LogP contribution in [0.15, 0.2) is 23.2 Å². The Balaban J connectivity index is 1.92. The van der Waals surface area contributed by atoms with Crippen LogP contribution in [0.2, 0.25) is 0 Å². The number of hydrogen-bond donors (Lipinski definition) is 1. The fourth-order valence-corrected chi connectivity index (χ4v) is 5.57. The van der Waals surface area contributed by atoms with E-state index in [0.29, 0.717) is 23.9 Å². The Morgan fingerprint density at radius 1 is 1.32 bits per heavy atom. The molecule has 0 unspecified atom stereocenters. The second-order valence-corrected chi connectivity index (χ2v) is 7.41. The SMILES string of the molecule is COc1ccc([C@@H]2[C@@]3(C#N)[C@@]4(N=C(N)[C@@]23C#N)OCCS4)c(OC)c1. The summed E-state index contributed by atoms with van der Waals surface area (Å²) in [5.41, 5.74) is 4.54. The fourth-order valence-electron chi connectivity index (χ4n) is 4.24. The smallest absolute Gasteiger partial charge is 0.230 e. The van der Waals surface area contributed by atoms with Gasteiger partial charge < -0.3 is 19.9 Å². The van der Waals surface area contributed by atoms with Crippen LogP contribution in [0.1, 0.15) is 11.5 Å². The molecule has 4 atom stereocenters.